The number of aromatic nitrogens is 2. The van der Waals surface area contributed by atoms with E-state index in [9.17, 15) is 4.79 Å². The van der Waals surface area contributed by atoms with Gasteiger partial charge in [0.1, 0.15) is 0 Å². The highest BCUT2D eigenvalue weighted by molar-refractivity contribution is 7.99. The van der Waals surface area contributed by atoms with E-state index >= 15 is 0 Å². The highest BCUT2D eigenvalue weighted by atomic mass is 32.2. The van der Waals surface area contributed by atoms with E-state index in [0.29, 0.717) is 12.1 Å². The van der Waals surface area contributed by atoms with Crippen LogP contribution in [-0.2, 0) is 19.5 Å². The van der Waals surface area contributed by atoms with Gasteiger partial charge in [-0.25, -0.2) is 0 Å². The van der Waals surface area contributed by atoms with E-state index in [1.54, 1.807) is 6.20 Å². The molecule has 5 heteroatoms. The number of benzene rings is 2. The number of hydrogen-bond donors (Lipinski definition) is 1. The van der Waals surface area contributed by atoms with Crippen LogP contribution in [-0.4, -0.2) is 21.2 Å². The summed E-state index contributed by atoms with van der Waals surface area (Å²) in [7, 11) is 0. The molecule has 0 aliphatic carbocycles. The summed E-state index contributed by atoms with van der Waals surface area (Å²) < 4.78 is 2.31. The molecule has 0 saturated heterocycles. The molecule has 4 aromatic rings. The lowest BCUT2D eigenvalue weighted by molar-refractivity contribution is 0.0951. The molecule has 0 bridgehead atoms. The molecule has 0 aliphatic rings. The Morgan fingerprint density at radius 2 is 1.87 bits per heavy atom. The first-order valence-electron chi connectivity index (χ1n) is 10.7. The van der Waals surface area contributed by atoms with Crippen molar-refractivity contribution in [3.63, 3.8) is 0 Å². The number of nitrogens with zero attached hydrogens (tertiary/aromatic N) is 2. The number of pyridine rings is 1. The first-order valence-corrected chi connectivity index (χ1v) is 11.7. The van der Waals surface area contributed by atoms with Crippen molar-refractivity contribution in [2.75, 3.05) is 5.75 Å². The van der Waals surface area contributed by atoms with Crippen molar-refractivity contribution in [2.24, 2.45) is 0 Å². The first kappa shape index (κ1) is 21.2. The number of amides is 1. The van der Waals surface area contributed by atoms with Gasteiger partial charge in [-0.2, -0.15) is 0 Å². The molecule has 1 amide bonds. The zero-order valence-electron chi connectivity index (χ0n) is 18.0. The Hall–Kier alpha value is -3.05. The molecule has 158 valence electrons. The van der Waals surface area contributed by atoms with Crippen LogP contribution in [0.15, 0.2) is 78.0 Å². The Bertz CT molecular complexity index is 1170. The van der Waals surface area contributed by atoms with E-state index in [0.717, 1.165) is 35.2 Å². The van der Waals surface area contributed by atoms with Gasteiger partial charge in [0.2, 0.25) is 0 Å². The molecule has 0 saturated carbocycles. The van der Waals surface area contributed by atoms with E-state index < -0.39 is 0 Å². The molecular formula is C26H27N3OS. The monoisotopic (exact) mass is 429 g/mol. The maximum Gasteiger partial charge on any atom is 0.251 e. The molecule has 2 aromatic carbocycles. The Balaban J connectivity index is 1.49. The summed E-state index contributed by atoms with van der Waals surface area (Å²) >= 11 is 1.82. The Kier molecular flexibility index (Phi) is 6.73. The summed E-state index contributed by atoms with van der Waals surface area (Å²) in [6.07, 6.45) is 4.52. The van der Waals surface area contributed by atoms with Crippen molar-refractivity contribution in [1.29, 1.82) is 0 Å². The average Bonchev–Trinajstić information content (AvgIpc) is 3.15. The predicted octanol–water partition coefficient (Wildman–Crippen LogP) is 5.69. The van der Waals surface area contributed by atoms with Crippen LogP contribution in [0.4, 0.5) is 0 Å². The second kappa shape index (κ2) is 9.84. The molecule has 1 N–H and O–H groups in total. The van der Waals surface area contributed by atoms with Crippen LogP contribution in [0.5, 0.6) is 0 Å². The van der Waals surface area contributed by atoms with Gasteiger partial charge in [0.15, 0.2) is 0 Å². The molecule has 0 fully saturated rings. The fraction of sp³-hybridized carbons (Fsp3) is 0.231. The lowest BCUT2D eigenvalue weighted by Crippen LogP contribution is -2.22. The van der Waals surface area contributed by atoms with E-state index in [-0.39, 0.29) is 5.91 Å². The second-order valence-corrected chi connectivity index (χ2v) is 8.79. The molecule has 31 heavy (non-hydrogen) atoms. The third kappa shape index (κ3) is 5.00. The van der Waals surface area contributed by atoms with Crippen molar-refractivity contribution in [2.45, 2.75) is 38.3 Å². The molecule has 0 radical (unpaired) electrons. The van der Waals surface area contributed by atoms with Gasteiger partial charge in [-0.1, -0.05) is 25.1 Å². The zero-order chi connectivity index (χ0) is 21.6. The Morgan fingerprint density at radius 3 is 2.58 bits per heavy atom. The lowest BCUT2D eigenvalue weighted by atomic mass is 10.1. The van der Waals surface area contributed by atoms with Crippen LogP contribution in [0.3, 0.4) is 0 Å². The summed E-state index contributed by atoms with van der Waals surface area (Å²) in [6, 6.07) is 20.6. The molecule has 2 heterocycles. The number of aryl methyl sites for hydroxylation is 1. The van der Waals surface area contributed by atoms with Gasteiger partial charge in [-0.15, -0.1) is 11.8 Å². The van der Waals surface area contributed by atoms with Crippen LogP contribution < -0.4 is 5.32 Å². The molecule has 0 spiro atoms. The van der Waals surface area contributed by atoms with E-state index in [4.69, 9.17) is 0 Å². The number of nitrogens with one attached hydrogen (secondary N) is 1. The van der Waals surface area contributed by atoms with Gasteiger partial charge in [0.05, 0.1) is 0 Å². The van der Waals surface area contributed by atoms with Crippen molar-refractivity contribution < 1.29 is 4.79 Å². The van der Waals surface area contributed by atoms with Gasteiger partial charge >= 0.3 is 0 Å². The highest BCUT2D eigenvalue weighted by Gasteiger charge is 2.12. The van der Waals surface area contributed by atoms with Crippen molar-refractivity contribution in [3.05, 3.63) is 95.4 Å². The van der Waals surface area contributed by atoms with Gasteiger partial charge in [-0.3, -0.25) is 9.78 Å². The van der Waals surface area contributed by atoms with Crippen LogP contribution in [0.25, 0.3) is 10.9 Å². The van der Waals surface area contributed by atoms with E-state index in [1.165, 1.54) is 16.2 Å². The normalized spacial score (nSPS) is 11.0. The maximum atomic E-state index is 12.8. The summed E-state index contributed by atoms with van der Waals surface area (Å²) in [5.74, 6) is 1.01. The minimum absolute atomic E-state index is 0.0491. The standard InChI is InChI=1S/C26H27N3OS/c1-3-29-23(14-20-6-5-13-27-17-20)16-22-15-21(9-12-25(22)29)26(30)28-18-19-7-10-24(11-8-19)31-4-2/h5-13,15-17H,3-4,14,18H2,1-2H3,(H,28,30). The van der Waals surface area contributed by atoms with Crippen LogP contribution in [0.1, 0.15) is 41.0 Å². The Labute approximate surface area is 187 Å². The van der Waals surface area contributed by atoms with E-state index in [2.05, 4.69) is 71.2 Å². The number of carbonyl (C=O) groups is 1. The second-order valence-electron chi connectivity index (χ2n) is 7.45. The van der Waals surface area contributed by atoms with Crippen molar-refractivity contribution in [1.82, 2.24) is 14.9 Å². The van der Waals surface area contributed by atoms with Crippen LogP contribution >= 0.6 is 11.8 Å². The zero-order valence-corrected chi connectivity index (χ0v) is 18.8. The summed E-state index contributed by atoms with van der Waals surface area (Å²) in [4.78, 5) is 18.2. The quantitative estimate of drug-likeness (QED) is 0.366. The molecule has 4 nitrogen and oxygen atoms in total. The topological polar surface area (TPSA) is 46.9 Å². The van der Waals surface area contributed by atoms with Gasteiger partial charge in [0, 0.05) is 59.0 Å². The SMILES string of the molecule is CCSc1ccc(CNC(=O)c2ccc3c(c2)cc(Cc2cccnc2)n3CC)cc1. The summed E-state index contributed by atoms with van der Waals surface area (Å²) in [5, 5.41) is 4.14. The maximum absolute atomic E-state index is 12.8. The number of carbonyl (C=O) groups excluding carboxylic acids is 1. The first-order chi connectivity index (χ1) is 15.2. The fourth-order valence-corrected chi connectivity index (χ4v) is 4.52. The van der Waals surface area contributed by atoms with Crippen molar-refractivity contribution in [3.8, 4) is 0 Å². The number of hydrogen-bond acceptors (Lipinski definition) is 3. The predicted molar refractivity (Wildman–Crippen MR) is 129 cm³/mol. The average molecular weight is 430 g/mol. The molecule has 0 aliphatic heterocycles. The third-order valence-corrected chi connectivity index (χ3v) is 6.26. The van der Waals surface area contributed by atoms with Crippen LogP contribution in [0, 0.1) is 0 Å². The summed E-state index contributed by atoms with van der Waals surface area (Å²) in [6.45, 7) is 5.70. The largest absolute Gasteiger partial charge is 0.348 e. The highest BCUT2D eigenvalue weighted by Crippen LogP contribution is 2.24. The van der Waals surface area contributed by atoms with Gasteiger partial charge < -0.3 is 9.88 Å². The fourth-order valence-electron chi connectivity index (χ4n) is 3.86. The number of rotatable bonds is 8. The number of thioether (sulfide) groups is 1. The molecular weight excluding hydrogens is 402 g/mol. The smallest absolute Gasteiger partial charge is 0.251 e. The van der Waals surface area contributed by atoms with Crippen LogP contribution in [0.2, 0.25) is 0 Å². The van der Waals surface area contributed by atoms with Gasteiger partial charge in [0.25, 0.3) is 5.91 Å². The third-order valence-electron chi connectivity index (χ3n) is 5.36. The molecule has 2 aromatic heterocycles. The lowest BCUT2D eigenvalue weighted by Gasteiger charge is -2.09. The molecule has 0 atom stereocenters. The van der Waals surface area contributed by atoms with E-state index in [1.807, 2.05) is 36.2 Å². The minimum Gasteiger partial charge on any atom is -0.348 e. The van der Waals surface area contributed by atoms with Gasteiger partial charge in [-0.05, 0) is 66.3 Å². The minimum atomic E-state index is -0.0491. The van der Waals surface area contributed by atoms with Crippen molar-refractivity contribution >= 4 is 28.6 Å². The summed E-state index contributed by atoms with van der Waals surface area (Å²) in [5.41, 5.74) is 5.36. The Morgan fingerprint density at radius 1 is 1.03 bits per heavy atom. The molecule has 4 rings (SSSR count). The molecule has 0 unspecified atom stereocenters. The number of fused-ring (bicyclic) bond motifs is 1.